The molecule has 106 valence electrons. The molecule has 2 aromatic rings. The molecule has 2 nitrogen and oxygen atoms in total. The average Bonchev–Trinajstić information content (AvgIpc) is 2.44. The van der Waals surface area contributed by atoms with Crippen LogP contribution in [-0.2, 0) is 13.1 Å². The van der Waals surface area contributed by atoms with Gasteiger partial charge in [0.05, 0.1) is 11.1 Å². The van der Waals surface area contributed by atoms with E-state index in [1.807, 2.05) is 37.3 Å². The van der Waals surface area contributed by atoms with Gasteiger partial charge in [-0.1, -0.05) is 24.3 Å². The topological polar surface area (TPSA) is 21.3 Å². The van der Waals surface area contributed by atoms with Crippen LogP contribution in [0.2, 0.25) is 0 Å². The van der Waals surface area contributed by atoms with Crippen molar-refractivity contribution in [3.63, 3.8) is 0 Å². The molecule has 0 unspecified atom stereocenters. The van der Waals surface area contributed by atoms with Crippen molar-refractivity contribution in [3.8, 4) is 5.75 Å². The minimum Gasteiger partial charge on any atom is -0.494 e. The zero-order chi connectivity index (χ0) is 14.4. The lowest BCUT2D eigenvalue weighted by molar-refractivity contribution is 0.340. The van der Waals surface area contributed by atoms with Gasteiger partial charge < -0.3 is 10.1 Å². The number of nitrogens with one attached hydrogen (secondary N) is 1. The highest BCUT2D eigenvalue weighted by Gasteiger charge is 2.04. The maximum Gasteiger partial charge on any atom is 0.137 e. The summed E-state index contributed by atoms with van der Waals surface area (Å²) < 4.78 is 19.4. The molecule has 0 aromatic heterocycles. The minimum atomic E-state index is -0.234. The molecule has 0 fully saturated rings. The van der Waals surface area contributed by atoms with Crippen LogP contribution in [0.15, 0.2) is 46.9 Å². The number of hydrogen-bond acceptors (Lipinski definition) is 2. The summed E-state index contributed by atoms with van der Waals surface area (Å²) in [4.78, 5) is 0. The Balaban J connectivity index is 1.92. The molecule has 2 aromatic carbocycles. The molecule has 1 N–H and O–H groups in total. The van der Waals surface area contributed by atoms with Crippen LogP contribution in [0.4, 0.5) is 4.39 Å². The third-order valence-electron chi connectivity index (χ3n) is 2.89. The van der Waals surface area contributed by atoms with Gasteiger partial charge >= 0.3 is 0 Å². The second-order valence-corrected chi connectivity index (χ2v) is 5.19. The molecule has 4 heteroatoms. The van der Waals surface area contributed by atoms with E-state index in [4.69, 9.17) is 4.74 Å². The van der Waals surface area contributed by atoms with Gasteiger partial charge in [-0.25, -0.2) is 4.39 Å². The van der Waals surface area contributed by atoms with E-state index in [0.29, 0.717) is 24.2 Å². The van der Waals surface area contributed by atoms with Crippen molar-refractivity contribution in [3.05, 3.63) is 63.9 Å². The molecule has 0 saturated heterocycles. The summed E-state index contributed by atoms with van der Waals surface area (Å²) in [6.07, 6.45) is 0. The van der Waals surface area contributed by atoms with Crippen LogP contribution in [-0.4, -0.2) is 6.61 Å². The molecule has 0 bridgehead atoms. The van der Waals surface area contributed by atoms with E-state index in [2.05, 4.69) is 21.2 Å². The van der Waals surface area contributed by atoms with Crippen molar-refractivity contribution in [2.45, 2.75) is 20.0 Å². The Morgan fingerprint density at radius 1 is 1.15 bits per heavy atom. The van der Waals surface area contributed by atoms with Crippen LogP contribution in [0.3, 0.4) is 0 Å². The van der Waals surface area contributed by atoms with Gasteiger partial charge in [-0.05, 0) is 52.2 Å². The molecule has 0 spiro atoms. The standard InChI is InChI=1S/C16H17BrFNO/c1-2-20-14-7-3-5-12(9-14)10-19-11-13-6-4-8-15(18)16(13)17/h3-9,19H,2,10-11H2,1H3. The number of benzene rings is 2. The van der Waals surface area contributed by atoms with Crippen molar-refractivity contribution >= 4 is 15.9 Å². The second-order valence-electron chi connectivity index (χ2n) is 4.40. The molecule has 0 atom stereocenters. The fourth-order valence-electron chi connectivity index (χ4n) is 1.94. The predicted molar refractivity (Wildman–Crippen MR) is 82.3 cm³/mol. The summed E-state index contributed by atoms with van der Waals surface area (Å²) >= 11 is 3.26. The number of rotatable bonds is 6. The Morgan fingerprint density at radius 2 is 1.95 bits per heavy atom. The Morgan fingerprint density at radius 3 is 2.75 bits per heavy atom. The van der Waals surface area contributed by atoms with Crippen LogP contribution < -0.4 is 10.1 Å². The molecule has 0 aliphatic carbocycles. The first kappa shape index (κ1) is 15.0. The van der Waals surface area contributed by atoms with E-state index < -0.39 is 0 Å². The monoisotopic (exact) mass is 337 g/mol. The van der Waals surface area contributed by atoms with Crippen LogP contribution in [0, 0.1) is 5.82 Å². The van der Waals surface area contributed by atoms with Crippen LogP contribution in [0.25, 0.3) is 0 Å². The lowest BCUT2D eigenvalue weighted by Gasteiger charge is -2.09. The van der Waals surface area contributed by atoms with Gasteiger partial charge in [0.1, 0.15) is 11.6 Å². The Labute approximate surface area is 127 Å². The molecular weight excluding hydrogens is 321 g/mol. The highest BCUT2D eigenvalue weighted by molar-refractivity contribution is 9.10. The lowest BCUT2D eigenvalue weighted by Crippen LogP contribution is -2.13. The second kappa shape index (κ2) is 7.41. The summed E-state index contributed by atoms with van der Waals surface area (Å²) in [7, 11) is 0. The van der Waals surface area contributed by atoms with Gasteiger partial charge in [-0.15, -0.1) is 0 Å². The largest absolute Gasteiger partial charge is 0.494 e. The first-order valence-electron chi connectivity index (χ1n) is 6.56. The van der Waals surface area contributed by atoms with E-state index in [1.54, 1.807) is 6.07 Å². The Bertz CT molecular complexity index is 574. The third-order valence-corrected chi connectivity index (χ3v) is 3.77. The molecule has 0 aliphatic heterocycles. The summed E-state index contributed by atoms with van der Waals surface area (Å²) in [6.45, 7) is 3.95. The molecule has 0 amide bonds. The van der Waals surface area contributed by atoms with Gasteiger partial charge in [0, 0.05) is 13.1 Å². The van der Waals surface area contributed by atoms with Crippen LogP contribution in [0.5, 0.6) is 5.75 Å². The fourth-order valence-corrected chi connectivity index (χ4v) is 2.34. The van der Waals surface area contributed by atoms with Crippen molar-refractivity contribution in [1.82, 2.24) is 5.32 Å². The van der Waals surface area contributed by atoms with Crippen LogP contribution >= 0.6 is 15.9 Å². The third kappa shape index (κ3) is 4.05. The highest BCUT2D eigenvalue weighted by atomic mass is 79.9. The maximum atomic E-state index is 13.4. The SMILES string of the molecule is CCOc1cccc(CNCc2cccc(F)c2Br)c1. The predicted octanol–water partition coefficient (Wildman–Crippen LogP) is 4.28. The summed E-state index contributed by atoms with van der Waals surface area (Å²) in [6, 6.07) is 13.0. The first-order valence-corrected chi connectivity index (χ1v) is 7.35. The molecule has 0 heterocycles. The van der Waals surface area contributed by atoms with Crippen molar-refractivity contribution in [2.24, 2.45) is 0 Å². The number of hydrogen-bond donors (Lipinski definition) is 1. The molecular formula is C16H17BrFNO. The molecule has 0 saturated carbocycles. The van der Waals surface area contributed by atoms with E-state index >= 15 is 0 Å². The Kier molecular flexibility index (Phi) is 5.56. The van der Waals surface area contributed by atoms with E-state index in [0.717, 1.165) is 16.9 Å². The Hall–Kier alpha value is -1.39. The van der Waals surface area contributed by atoms with Crippen molar-refractivity contribution in [1.29, 1.82) is 0 Å². The zero-order valence-corrected chi connectivity index (χ0v) is 12.9. The van der Waals surface area contributed by atoms with Gasteiger partial charge in [-0.2, -0.15) is 0 Å². The summed E-state index contributed by atoms with van der Waals surface area (Å²) in [5.74, 6) is 0.640. The molecule has 20 heavy (non-hydrogen) atoms. The number of halogens is 2. The molecule has 0 aliphatic rings. The van der Waals surface area contributed by atoms with E-state index in [1.165, 1.54) is 6.07 Å². The fraction of sp³-hybridized carbons (Fsp3) is 0.250. The van der Waals surface area contributed by atoms with Crippen molar-refractivity contribution < 1.29 is 9.13 Å². The van der Waals surface area contributed by atoms with Gasteiger partial charge in [0.15, 0.2) is 0 Å². The van der Waals surface area contributed by atoms with E-state index in [9.17, 15) is 4.39 Å². The minimum absolute atomic E-state index is 0.234. The van der Waals surface area contributed by atoms with E-state index in [-0.39, 0.29) is 5.82 Å². The first-order chi connectivity index (χ1) is 9.70. The summed E-state index contributed by atoms with van der Waals surface area (Å²) in [5, 5.41) is 3.30. The van der Waals surface area contributed by atoms with Crippen LogP contribution in [0.1, 0.15) is 18.1 Å². The van der Waals surface area contributed by atoms with Gasteiger partial charge in [-0.3, -0.25) is 0 Å². The zero-order valence-electron chi connectivity index (χ0n) is 11.3. The van der Waals surface area contributed by atoms with Gasteiger partial charge in [0.25, 0.3) is 0 Å². The average molecular weight is 338 g/mol. The normalized spacial score (nSPS) is 10.6. The molecule has 0 radical (unpaired) electrons. The van der Waals surface area contributed by atoms with Crippen molar-refractivity contribution in [2.75, 3.05) is 6.61 Å². The lowest BCUT2D eigenvalue weighted by atomic mass is 10.2. The smallest absolute Gasteiger partial charge is 0.137 e. The molecule has 2 rings (SSSR count). The maximum absolute atomic E-state index is 13.4. The summed E-state index contributed by atoms with van der Waals surface area (Å²) in [5.41, 5.74) is 2.05. The van der Waals surface area contributed by atoms with Gasteiger partial charge in [0.2, 0.25) is 0 Å². The number of ether oxygens (including phenoxy) is 1. The quantitative estimate of drug-likeness (QED) is 0.849. The highest BCUT2D eigenvalue weighted by Crippen LogP contribution is 2.20.